The van der Waals surface area contributed by atoms with E-state index in [1.807, 2.05) is 6.07 Å². The van der Waals surface area contributed by atoms with Crippen LogP contribution in [0, 0.1) is 17.1 Å². The van der Waals surface area contributed by atoms with Crippen molar-refractivity contribution in [3.05, 3.63) is 64.2 Å². The van der Waals surface area contributed by atoms with E-state index in [9.17, 15) is 9.18 Å². The van der Waals surface area contributed by atoms with Gasteiger partial charge in [0.1, 0.15) is 17.6 Å². The summed E-state index contributed by atoms with van der Waals surface area (Å²) in [6.07, 6.45) is 1.88. The summed E-state index contributed by atoms with van der Waals surface area (Å²) in [5, 5.41) is 18.1. The first kappa shape index (κ1) is 24.4. The van der Waals surface area contributed by atoms with Gasteiger partial charge in [-0.15, -0.1) is 0 Å². The first-order chi connectivity index (χ1) is 16.8. The molecule has 1 saturated heterocycles. The van der Waals surface area contributed by atoms with Crippen molar-refractivity contribution in [3.63, 3.8) is 0 Å². The third-order valence-corrected chi connectivity index (χ3v) is 6.48. The van der Waals surface area contributed by atoms with Crippen LogP contribution in [-0.4, -0.2) is 59.6 Å². The van der Waals surface area contributed by atoms with Crippen molar-refractivity contribution in [1.29, 1.82) is 5.26 Å². The van der Waals surface area contributed by atoms with E-state index in [1.165, 1.54) is 16.7 Å². The van der Waals surface area contributed by atoms with Gasteiger partial charge < -0.3 is 19.6 Å². The third-order valence-electron chi connectivity index (χ3n) is 6.48. The van der Waals surface area contributed by atoms with Crippen molar-refractivity contribution in [2.24, 2.45) is 7.05 Å². The SMILES string of the molecule is CN(C)C1CCN(c2nc(-c3ccc(C#N)c(F)c3)c(-c3ccc(OCO)cc3)c(=O)n2C)CC1. The molecule has 35 heavy (non-hydrogen) atoms. The summed E-state index contributed by atoms with van der Waals surface area (Å²) in [7, 11) is 5.83. The Morgan fingerprint density at radius 1 is 1.17 bits per heavy atom. The van der Waals surface area contributed by atoms with Crippen molar-refractivity contribution < 1.29 is 14.2 Å². The molecule has 0 aliphatic carbocycles. The Bertz CT molecular complexity index is 1310. The number of halogens is 1. The Morgan fingerprint density at radius 2 is 1.83 bits per heavy atom. The second kappa shape index (κ2) is 10.3. The number of anilines is 1. The van der Waals surface area contributed by atoms with Crippen LogP contribution in [-0.2, 0) is 7.05 Å². The molecule has 1 fully saturated rings. The molecule has 0 radical (unpaired) electrons. The van der Waals surface area contributed by atoms with E-state index in [-0.39, 0.29) is 11.1 Å². The molecule has 0 saturated carbocycles. The molecule has 2 heterocycles. The molecule has 8 nitrogen and oxygen atoms in total. The van der Waals surface area contributed by atoms with Crippen molar-refractivity contribution in [2.75, 3.05) is 38.9 Å². The van der Waals surface area contributed by atoms with Crippen molar-refractivity contribution >= 4 is 5.95 Å². The predicted octanol–water partition coefficient (Wildman–Crippen LogP) is 2.98. The monoisotopic (exact) mass is 477 g/mol. The number of hydrogen-bond acceptors (Lipinski definition) is 7. The maximum absolute atomic E-state index is 14.6. The number of piperidine rings is 1. The average molecular weight is 478 g/mol. The summed E-state index contributed by atoms with van der Waals surface area (Å²) in [6, 6.07) is 13.2. The van der Waals surface area contributed by atoms with Gasteiger partial charge in [0, 0.05) is 31.7 Å². The lowest BCUT2D eigenvalue weighted by Crippen LogP contribution is -2.44. The number of aromatic nitrogens is 2. The van der Waals surface area contributed by atoms with E-state index in [4.69, 9.17) is 20.1 Å². The standard InChI is InChI=1S/C26H28FN5O3/c1-30(2)20-10-12-32(13-11-20)26-29-24(18-4-5-19(15-28)22(27)14-18)23(25(34)31(26)3)17-6-8-21(9-7-17)35-16-33/h4-9,14,20,33H,10-13,16H2,1-3H3. The van der Waals surface area contributed by atoms with Crippen molar-refractivity contribution in [3.8, 4) is 34.2 Å². The Hall–Kier alpha value is -3.74. The number of ether oxygens (including phenoxy) is 1. The van der Waals surface area contributed by atoms with E-state index >= 15 is 0 Å². The van der Waals surface area contributed by atoms with Crippen LogP contribution >= 0.6 is 0 Å². The molecule has 0 amide bonds. The predicted molar refractivity (Wildman–Crippen MR) is 132 cm³/mol. The van der Waals surface area contributed by atoms with E-state index in [0.717, 1.165) is 25.9 Å². The molecule has 4 rings (SSSR count). The molecule has 3 aromatic rings. The summed E-state index contributed by atoms with van der Waals surface area (Å²) in [4.78, 5) is 22.9. The van der Waals surface area contributed by atoms with E-state index in [1.54, 1.807) is 37.4 Å². The van der Waals surface area contributed by atoms with Gasteiger partial charge in [0.2, 0.25) is 5.95 Å². The third kappa shape index (κ3) is 4.90. The quantitative estimate of drug-likeness (QED) is 0.546. The van der Waals surface area contributed by atoms with Crippen LogP contribution in [0.5, 0.6) is 5.75 Å². The minimum Gasteiger partial charge on any atom is -0.468 e. The highest BCUT2D eigenvalue weighted by Gasteiger charge is 2.26. The minimum atomic E-state index is -0.668. The number of rotatable bonds is 6. The molecule has 0 unspecified atom stereocenters. The van der Waals surface area contributed by atoms with Gasteiger partial charge in [-0.2, -0.15) is 5.26 Å². The Labute approximate surface area is 203 Å². The Kier molecular flexibility index (Phi) is 7.15. The molecule has 182 valence electrons. The molecular weight excluding hydrogens is 449 g/mol. The highest BCUT2D eigenvalue weighted by Crippen LogP contribution is 2.32. The van der Waals surface area contributed by atoms with Crippen LogP contribution in [0.15, 0.2) is 47.3 Å². The largest absolute Gasteiger partial charge is 0.468 e. The summed E-state index contributed by atoms with van der Waals surface area (Å²) in [6.45, 7) is 1.03. The fraction of sp³-hybridized carbons (Fsp3) is 0.346. The number of nitriles is 1. The lowest BCUT2D eigenvalue weighted by molar-refractivity contribution is 0.0985. The number of nitrogens with zero attached hydrogens (tertiary/aromatic N) is 5. The maximum Gasteiger partial charge on any atom is 0.263 e. The van der Waals surface area contributed by atoms with Gasteiger partial charge in [0.05, 0.1) is 16.8 Å². The van der Waals surface area contributed by atoms with Gasteiger partial charge in [-0.25, -0.2) is 9.37 Å². The van der Waals surface area contributed by atoms with Gasteiger partial charge in [0.15, 0.2) is 6.79 Å². The molecule has 1 aliphatic rings. The second-order valence-electron chi connectivity index (χ2n) is 8.79. The summed E-state index contributed by atoms with van der Waals surface area (Å²) < 4.78 is 21.2. The van der Waals surface area contributed by atoms with Crippen LogP contribution < -0.4 is 15.2 Å². The normalized spacial score (nSPS) is 14.3. The topological polar surface area (TPSA) is 94.6 Å². The van der Waals surface area contributed by atoms with Crippen LogP contribution in [0.1, 0.15) is 18.4 Å². The van der Waals surface area contributed by atoms with Gasteiger partial charge in [0.25, 0.3) is 5.56 Å². The van der Waals surface area contributed by atoms with Gasteiger partial charge in [-0.05, 0) is 56.8 Å². The van der Waals surface area contributed by atoms with Crippen LogP contribution in [0.3, 0.4) is 0 Å². The fourth-order valence-corrected chi connectivity index (χ4v) is 4.47. The fourth-order valence-electron chi connectivity index (χ4n) is 4.47. The Balaban J connectivity index is 1.86. The van der Waals surface area contributed by atoms with Gasteiger partial charge in [-0.3, -0.25) is 9.36 Å². The lowest BCUT2D eigenvalue weighted by Gasteiger charge is -2.36. The molecule has 1 N–H and O–H groups in total. The summed E-state index contributed by atoms with van der Waals surface area (Å²) in [5.74, 6) is 0.307. The molecule has 0 spiro atoms. The molecule has 0 bridgehead atoms. The smallest absolute Gasteiger partial charge is 0.263 e. The summed E-state index contributed by atoms with van der Waals surface area (Å²) >= 11 is 0. The minimum absolute atomic E-state index is 0.0735. The van der Waals surface area contributed by atoms with Crippen molar-refractivity contribution in [2.45, 2.75) is 18.9 Å². The second-order valence-corrected chi connectivity index (χ2v) is 8.79. The molecular formula is C26H28FN5O3. The molecule has 1 aromatic heterocycles. The van der Waals surface area contributed by atoms with Crippen LogP contribution in [0.2, 0.25) is 0 Å². The highest BCUT2D eigenvalue weighted by atomic mass is 19.1. The first-order valence-corrected chi connectivity index (χ1v) is 11.4. The number of aliphatic hydroxyl groups excluding tert-OH is 1. The number of aliphatic hydroxyl groups is 1. The zero-order valence-electron chi connectivity index (χ0n) is 20.0. The molecule has 1 aliphatic heterocycles. The van der Waals surface area contributed by atoms with E-state index in [2.05, 4.69) is 23.9 Å². The van der Waals surface area contributed by atoms with Gasteiger partial charge in [-0.1, -0.05) is 18.2 Å². The zero-order chi connectivity index (χ0) is 25.1. The average Bonchev–Trinajstić information content (AvgIpc) is 2.86. The first-order valence-electron chi connectivity index (χ1n) is 11.4. The van der Waals surface area contributed by atoms with E-state index < -0.39 is 12.6 Å². The lowest BCUT2D eigenvalue weighted by atomic mass is 9.99. The highest BCUT2D eigenvalue weighted by molar-refractivity contribution is 5.81. The van der Waals surface area contributed by atoms with Crippen LogP contribution in [0.4, 0.5) is 10.3 Å². The zero-order valence-corrected chi connectivity index (χ0v) is 20.0. The maximum atomic E-state index is 14.6. The van der Waals surface area contributed by atoms with Crippen molar-refractivity contribution in [1.82, 2.24) is 14.5 Å². The molecule has 9 heteroatoms. The molecule has 0 atom stereocenters. The summed E-state index contributed by atoms with van der Waals surface area (Å²) in [5.41, 5.74) is 1.32. The Morgan fingerprint density at radius 3 is 2.40 bits per heavy atom. The number of hydrogen-bond donors (Lipinski definition) is 1. The van der Waals surface area contributed by atoms with E-state index in [0.29, 0.717) is 40.1 Å². The van der Waals surface area contributed by atoms with Gasteiger partial charge >= 0.3 is 0 Å². The number of benzene rings is 2. The van der Waals surface area contributed by atoms with Crippen LogP contribution in [0.25, 0.3) is 22.4 Å². The molecule has 2 aromatic carbocycles.